The maximum Gasteiger partial charge on any atom is 0.328 e. The molecule has 2 aromatic heterocycles. The van der Waals surface area contributed by atoms with Gasteiger partial charge in [-0.15, -0.1) is 0 Å². The summed E-state index contributed by atoms with van der Waals surface area (Å²) in [5.74, 6) is 0.457. The number of aliphatic carboxylic acids is 1. The molecule has 0 aliphatic carbocycles. The molecule has 3 aromatic rings. The van der Waals surface area contributed by atoms with Gasteiger partial charge in [0.1, 0.15) is 5.82 Å². The van der Waals surface area contributed by atoms with Crippen molar-refractivity contribution in [2.24, 2.45) is 5.73 Å². The van der Waals surface area contributed by atoms with Gasteiger partial charge in [0.05, 0.1) is 6.54 Å². The summed E-state index contributed by atoms with van der Waals surface area (Å²) in [6.07, 6.45) is 7.95. The summed E-state index contributed by atoms with van der Waals surface area (Å²) in [6, 6.07) is 11.7. The minimum Gasteiger partial charge on any atom is -0.478 e. The first-order valence-corrected chi connectivity index (χ1v) is 11.7. The molecule has 1 fully saturated rings. The Labute approximate surface area is 209 Å². The lowest BCUT2D eigenvalue weighted by molar-refractivity contribution is -0.131. The van der Waals surface area contributed by atoms with Crippen LogP contribution in [0.4, 0.5) is 11.8 Å². The predicted molar refractivity (Wildman–Crippen MR) is 138 cm³/mol. The van der Waals surface area contributed by atoms with Gasteiger partial charge in [-0.25, -0.2) is 19.7 Å². The van der Waals surface area contributed by atoms with Gasteiger partial charge in [0.15, 0.2) is 0 Å². The number of rotatable bonds is 8. The molecule has 1 aliphatic rings. The second kappa shape index (κ2) is 11.4. The van der Waals surface area contributed by atoms with Gasteiger partial charge in [-0.1, -0.05) is 18.2 Å². The first-order chi connectivity index (χ1) is 17.4. The molecule has 36 heavy (non-hydrogen) atoms. The third kappa shape index (κ3) is 6.22. The summed E-state index contributed by atoms with van der Waals surface area (Å²) < 4.78 is 0. The Hall–Kier alpha value is -4.31. The highest BCUT2D eigenvalue weighted by molar-refractivity contribution is 5.85. The van der Waals surface area contributed by atoms with Crippen molar-refractivity contribution in [3.05, 3.63) is 72.2 Å². The Morgan fingerprint density at radius 1 is 1.00 bits per heavy atom. The van der Waals surface area contributed by atoms with Crippen LogP contribution in [0.5, 0.6) is 0 Å². The number of hydrogen-bond donors (Lipinski definition) is 2. The van der Waals surface area contributed by atoms with E-state index in [0.717, 1.165) is 60.3 Å². The summed E-state index contributed by atoms with van der Waals surface area (Å²) in [4.78, 5) is 42.0. The Bertz CT molecular complexity index is 1220. The molecule has 3 N–H and O–H groups in total. The normalized spacial score (nSPS) is 13.7. The van der Waals surface area contributed by atoms with Crippen LogP contribution in [-0.4, -0.2) is 76.6 Å². The summed E-state index contributed by atoms with van der Waals surface area (Å²) in [7, 11) is 1.74. The SMILES string of the molecule is CN(Cc1cccc(-c2cnc(N3CCN(c4ccc(/C=C/C(=O)O)cn4)CC3)nc2)c1)C(=O)CN. The van der Waals surface area contributed by atoms with Crippen LogP contribution in [0.25, 0.3) is 17.2 Å². The molecule has 186 valence electrons. The Balaban J connectivity index is 1.35. The molecule has 10 nitrogen and oxygen atoms in total. The van der Waals surface area contributed by atoms with Crippen molar-refractivity contribution in [2.75, 3.05) is 49.6 Å². The maximum absolute atomic E-state index is 11.8. The van der Waals surface area contributed by atoms with E-state index < -0.39 is 5.97 Å². The van der Waals surface area contributed by atoms with Gasteiger partial charge in [-0.2, -0.15) is 0 Å². The molecular weight excluding hydrogens is 458 g/mol. The Kier molecular flexibility index (Phi) is 7.86. The molecule has 0 bridgehead atoms. The first kappa shape index (κ1) is 24.8. The molecule has 0 unspecified atom stereocenters. The number of benzene rings is 1. The summed E-state index contributed by atoms with van der Waals surface area (Å²) in [5, 5.41) is 8.74. The molecule has 1 amide bonds. The molecule has 0 radical (unpaired) electrons. The third-order valence-electron chi connectivity index (χ3n) is 5.99. The van der Waals surface area contributed by atoms with Gasteiger partial charge in [-0.3, -0.25) is 4.79 Å². The molecule has 3 heterocycles. The number of hydrogen-bond acceptors (Lipinski definition) is 8. The van der Waals surface area contributed by atoms with Crippen LogP contribution < -0.4 is 15.5 Å². The highest BCUT2D eigenvalue weighted by atomic mass is 16.4. The fraction of sp³-hybridized carbons (Fsp3) is 0.269. The van der Waals surface area contributed by atoms with Crippen LogP contribution in [0.15, 0.2) is 61.1 Å². The minimum absolute atomic E-state index is 0.00522. The van der Waals surface area contributed by atoms with Crippen LogP contribution in [0.1, 0.15) is 11.1 Å². The number of nitrogens with zero attached hydrogens (tertiary/aromatic N) is 6. The van der Waals surface area contributed by atoms with E-state index in [-0.39, 0.29) is 12.5 Å². The second-order valence-electron chi connectivity index (χ2n) is 8.52. The number of nitrogens with two attached hydrogens (primary N) is 1. The molecule has 0 saturated carbocycles. The van der Waals surface area contributed by atoms with Crippen molar-refractivity contribution in [2.45, 2.75) is 6.54 Å². The monoisotopic (exact) mass is 487 g/mol. The summed E-state index contributed by atoms with van der Waals surface area (Å²) >= 11 is 0. The molecule has 1 aromatic carbocycles. The maximum atomic E-state index is 11.8. The summed E-state index contributed by atoms with van der Waals surface area (Å²) in [6.45, 7) is 3.56. The van der Waals surface area contributed by atoms with Gasteiger partial charge < -0.3 is 25.5 Å². The molecule has 1 saturated heterocycles. The van der Waals surface area contributed by atoms with Crippen molar-refractivity contribution in [1.82, 2.24) is 19.9 Å². The Morgan fingerprint density at radius 2 is 1.72 bits per heavy atom. The molecule has 10 heteroatoms. The smallest absolute Gasteiger partial charge is 0.328 e. The predicted octanol–water partition coefficient (Wildman–Crippen LogP) is 1.88. The van der Waals surface area contributed by atoms with Crippen LogP contribution in [0.3, 0.4) is 0 Å². The first-order valence-electron chi connectivity index (χ1n) is 11.7. The standard InChI is InChI=1S/C26H29N7O3/c1-31(24(34)14-27)18-20-3-2-4-21(13-20)22-16-29-26(30-17-22)33-11-9-32(10-12-33)23-7-5-19(15-28-23)6-8-25(35)36/h2-8,13,15-17H,9-12,14,18,27H2,1H3,(H,35,36)/b8-6+. The number of amides is 1. The molecule has 1 aliphatic heterocycles. The van der Waals surface area contributed by atoms with Gasteiger partial charge in [-0.05, 0) is 41.0 Å². The van der Waals surface area contributed by atoms with Crippen molar-refractivity contribution in [3.63, 3.8) is 0 Å². The van der Waals surface area contributed by atoms with Crippen molar-refractivity contribution < 1.29 is 14.7 Å². The van der Waals surface area contributed by atoms with Gasteiger partial charge in [0.2, 0.25) is 11.9 Å². The number of pyridine rings is 1. The molecule has 0 spiro atoms. The zero-order chi connectivity index (χ0) is 25.5. The highest BCUT2D eigenvalue weighted by Crippen LogP contribution is 2.22. The van der Waals surface area contributed by atoms with E-state index in [9.17, 15) is 9.59 Å². The lowest BCUT2D eigenvalue weighted by atomic mass is 10.1. The van der Waals surface area contributed by atoms with E-state index in [1.54, 1.807) is 18.1 Å². The van der Waals surface area contributed by atoms with Crippen LogP contribution in [0.2, 0.25) is 0 Å². The van der Waals surface area contributed by atoms with Gasteiger partial charge in [0, 0.05) is 70.0 Å². The van der Waals surface area contributed by atoms with Gasteiger partial charge in [0.25, 0.3) is 0 Å². The third-order valence-corrected chi connectivity index (χ3v) is 5.99. The largest absolute Gasteiger partial charge is 0.478 e. The molecule has 0 atom stereocenters. The zero-order valence-electron chi connectivity index (χ0n) is 20.1. The van der Waals surface area contributed by atoms with Crippen molar-refractivity contribution >= 4 is 29.7 Å². The van der Waals surface area contributed by atoms with Crippen LogP contribution in [-0.2, 0) is 16.1 Å². The van der Waals surface area contributed by atoms with Crippen molar-refractivity contribution in [3.8, 4) is 11.1 Å². The number of carboxylic acids is 1. The fourth-order valence-corrected chi connectivity index (χ4v) is 3.99. The lowest BCUT2D eigenvalue weighted by Crippen LogP contribution is -2.47. The van der Waals surface area contributed by atoms with E-state index in [2.05, 4.69) is 24.8 Å². The lowest BCUT2D eigenvalue weighted by Gasteiger charge is -2.35. The number of carbonyl (C=O) groups is 2. The Morgan fingerprint density at radius 3 is 2.36 bits per heavy atom. The fourth-order valence-electron chi connectivity index (χ4n) is 3.99. The average Bonchev–Trinajstić information content (AvgIpc) is 2.92. The van der Waals surface area contributed by atoms with E-state index >= 15 is 0 Å². The van der Waals surface area contributed by atoms with E-state index in [4.69, 9.17) is 10.8 Å². The van der Waals surface area contributed by atoms with E-state index in [1.807, 2.05) is 48.8 Å². The summed E-state index contributed by atoms with van der Waals surface area (Å²) in [5.41, 5.74) is 9.11. The van der Waals surface area contributed by atoms with Crippen molar-refractivity contribution in [1.29, 1.82) is 0 Å². The number of piperazine rings is 1. The topological polar surface area (TPSA) is 129 Å². The number of carboxylic acid groups (broad SMARTS) is 1. The number of anilines is 2. The van der Waals surface area contributed by atoms with E-state index in [0.29, 0.717) is 12.5 Å². The highest BCUT2D eigenvalue weighted by Gasteiger charge is 2.20. The molecule has 4 rings (SSSR count). The number of aromatic nitrogens is 3. The number of carbonyl (C=O) groups excluding carboxylic acids is 1. The van der Waals surface area contributed by atoms with E-state index in [1.165, 1.54) is 6.08 Å². The average molecular weight is 488 g/mol. The second-order valence-corrected chi connectivity index (χ2v) is 8.52. The van der Waals surface area contributed by atoms with Crippen LogP contribution >= 0.6 is 0 Å². The minimum atomic E-state index is -0.984. The quantitative estimate of drug-likeness (QED) is 0.458. The molecular formula is C26H29N7O3. The van der Waals surface area contributed by atoms with Crippen LogP contribution in [0, 0.1) is 0 Å². The van der Waals surface area contributed by atoms with Gasteiger partial charge >= 0.3 is 5.97 Å². The zero-order valence-corrected chi connectivity index (χ0v) is 20.1. The number of likely N-dealkylation sites (N-methyl/N-ethyl adjacent to an activating group) is 1.